The van der Waals surface area contributed by atoms with Crippen molar-refractivity contribution in [1.29, 1.82) is 0 Å². The van der Waals surface area contributed by atoms with Crippen molar-refractivity contribution in [3.63, 3.8) is 0 Å². The molecule has 170 valence electrons. The van der Waals surface area contributed by atoms with Crippen LogP contribution in [0.3, 0.4) is 0 Å². The van der Waals surface area contributed by atoms with Crippen LogP contribution in [0.1, 0.15) is 24.8 Å². The fraction of sp³-hybridized carbons (Fsp3) is 0.550. The Kier molecular flexibility index (Phi) is 6.28. The molecule has 2 saturated heterocycles. The summed E-state index contributed by atoms with van der Waals surface area (Å²) in [6, 6.07) is 0.203. The third kappa shape index (κ3) is 4.68. The van der Waals surface area contributed by atoms with E-state index in [1.54, 1.807) is 12.3 Å². The molecule has 12 nitrogen and oxygen atoms in total. The van der Waals surface area contributed by atoms with Crippen LogP contribution in [0.25, 0.3) is 6.08 Å². The number of amides is 2. The number of likely N-dealkylation sites (tertiary alicyclic amines) is 2. The zero-order valence-electron chi connectivity index (χ0n) is 18.2. The van der Waals surface area contributed by atoms with Gasteiger partial charge in [-0.2, -0.15) is 4.98 Å². The molecule has 0 N–H and O–H groups in total. The highest BCUT2D eigenvalue weighted by Gasteiger charge is 2.42. The number of hydrogen-bond acceptors (Lipinski definition) is 9. The van der Waals surface area contributed by atoms with Gasteiger partial charge in [-0.15, -0.1) is 5.10 Å². The minimum absolute atomic E-state index is 0.0108. The Morgan fingerprint density at radius 1 is 1.12 bits per heavy atom. The highest BCUT2D eigenvalue weighted by Crippen LogP contribution is 2.40. The van der Waals surface area contributed by atoms with E-state index in [0.29, 0.717) is 37.6 Å². The topological polar surface area (TPSA) is 128 Å². The number of rotatable bonds is 6. The number of carbonyl (C=O) groups excluding carboxylic acids is 2. The zero-order chi connectivity index (χ0) is 22.6. The van der Waals surface area contributed by atoms with Crippen LogP contribution in [-0.2, 0) is 16.1 Å². The van der Waals surface area contributed by atoms with E-state index < -0.39 is 0 Å². The number of aromatic nitrogens is 6. The number of tetrazole rings is 1. The molecule has 2 amide bonds. The van der Waals surface area contributed by atoms with Crippen LogP contribution in [0, 0.1) is 5.41 Å². The Bertz CT molecular complexity index is 985. The van der Waals surface area contributed by atoms with Crippen molar-refractivity contribution in [1.82, 2.24) is 40.0 Å². The first-order chi connectivity index (χ1) is 15.5. The summed E-state index contributed by atoms with van der Waals surface area (Å²) in [4.78, 5) is 37.1. The molecule has 32 heavy (non-hydrogen) atoms. The first-order valence-corrected chi connectivity index (χ1v) is 10.4. The number of hydrogen-bond donors (Lipinski definition) is 0. The van der Waals surface area contributed by atoms with Crippen LogP contribution in [0.4, 0.5) is 0 Å². The van der Waals surface area contributed by atoms with E-state index in [-0.39, 0.29) is 29.8 Å². The van der Waals surface area contributed by atoms with Gasteiger partial charge in [0.1, 0.15) is 12.9 Å². The van der Waals surface area contributed by atoms with E-state index >= 15 is 0 Å². The second kappa shape index (κ2) is 9.28. The average Bonchev–Trinajstić information content (AvgIpc) is 3.48. The normalized spacial score (nSPS) is 17.8. The quantitative estimate of drug-likeness (QED) is 0.569. The first-order valence-electron chi connectivity index (χ1n) is 10.4. The summed E-state index contributed by atoms with van der Waals surface area (Å²) in [6.45, 7) is 2.91. The molecule has 1 spiro atoms. The summed E-state index contributed by atoms with van der Waals surface area (Å²) in [7, 11) is 2.98. The molecule has 2 fully saturated rings. The standard InChI is InChI=1S/C20H26N8O4/c1-31-18-15(11-21-19(23-18)32-2)3-4-16(29)27-10-7-20(13-27)5-8-26(9-6-20)17(30)12-28-14-22-24-25-28/h3-4,11,14H,5-10,12-13H2,1-2H3/b4-3+. The Balaban J connectivity index is 1.31. The van der Waals surface area contributed by atoms with Gasteiger partial charge < -0.3 is 19.3 Å². The number of piperidine rings is 1. The van der Waals surface area contributed by atoms with Gasteiger partial charge in [0.2, 0.25) is 17.7 Å². The van der Waals surface area contributed by atoms with Crippen molar-refractivity contribution in [2.75, 3.05) is 40.4 Å². The second-order valence-corrected chi connectivity index (χ2v) is 8.05. The third-order valence-corrected chi connectivity index (χ3v) is 6.16. The van der Waals surface area contributed by atoms with Crippen molar-refractivity contribution in [3.05, 3.63) is 24.2 Å². The van der Waals surface area contributed by atoms with E-state index in [9.17, 15) is 9.59 Å². The van der Waals surface area contributed by atoms with Gasteiger partial charge in [0.25, 0.3) is 0 Å². The fourth-order valence-electron chi connectivity index (χ4n) is 4.26. The van der Waals surface area contributed by atoms with Crippen molar-refractivity contribution in [2.24, 2.45) is 5.41 Å². The lowest BCUT2D eigenvalue weighted by atomic mass is 9.78. The van der Waals surface area contributed by atoms with Gasteiger partial charge in [0.05, 0.1) is 19.8 Å². The molecular formula is C20H26N8O4. The van der Waals surface area contributed by atoms with Crippen molar-refractivity contribution < 1.29 is 19.1 Å². The number of ether oxygens (including phenoxy) is 2. The van der Waals surface area contributed by atoms with Crippen LogP contribution in [-0.4, -0.2) is 92.2 Å². The molecule has 0 aliphatic carbocycles. The Morgan fingerprint density at radius 2 is 1.88 bits per heavy atom. The molecule has 2 aromatic rings. The first kappa shape index (κ1) is 21.7. The Labute approximate surface area is 185 Å². The van der Waals surface area contributed by atoms with Crippen LogP contribution >= 0.6 is 0 Å². The maximum atomic E-state index is 12.8. The van der Waals surface area contributed by atoms with Crippen molar-refractivity contribution in [2.45, 2.75) is 25.8 Å². The van der Waals surface area contributed by atoms with E-state index in [4.69, 9.17) is 9.47 Å². The zero-order valence-corrected chi connectivity index (χ0v) is 18.2. The van der Waals surface area contributed by atoms with E-state index in [0.717, 1.165) is 19.3 Å². The monoisotopic (exact) mass is 442 g/mol. The highest BCUT2D eigenvalue weighted by molar-refractivity contribution is 5.92. The number of carbonyl (C=O) groups is 2. The summed E-state index contributed by atoms with van der Waals surface area (Å²) in [5, 5.41) is 10.9. The summed E-state index contributed by atoms with van der Waals surface area (Å²) < 4.78 is 11.7. The second-order valence-electron chi connectivity index (χ2n) is 8.05. The third-order valence-electron chi connectivity index (χ3n) is 6.16. The SMILES string of the molecule is COc1ncc(/C=C/C(=O)N2CCC3(CCN(C(=O)Cn4cnnn4)CC3)C2)c(OC)n1. The van der Waals surface area contributed by atoms with Gasteiger partial charge in [-0.3, -0.25) is 9.59 Å². The van der Waals surface area contributed by atoms with Gasteiger partial charge in [-0.05, 0) is 41.2 Å². The summed E-state index contributed by atoms with van der Waals surface area (Å²) in [5.41, 5.74) is 0.667. The van der Waals surface area contributed by atoms with E-state index in [2.05, 4.69) is 25.5 Å². The molecule has 0 radical (unpaired) electrons. The van der Waals surface area contributed by atoms with Gasteiger partial charge in [-0.1, -0.05) is 0 Å². The molecule has 4 rings (SSSR count). The highest BCUT2D eigenvalue weighted by atomic mass is 16.5. The van der Waals surface area contributed by atoms with E-state index in [1.165, 1.54) is 31.3 Å². The smallest absolute Gasteiger partial charge is 0.319 e. The lowest BCUT2D eigenvalue weighted by molar-refractivity contribution is -0.134. The number of nitrogens with zero attached hydrogens (tertiary/aromatic N) is 8. The molecule has 0 aromatic carbocycles. The predicted molar refractivity (Wildman–Crippen MR) is 111 cm³/mol. The summed E-state index contributed by atoms with van der Waals surface area (Å²) in [5.74, 6) is 0.297. The number of methoxy groups -OCH3 is 2. The van der Waals surface area contributed by atoms with Crippen molar-refractivity contribution in [3.8, 4) is 11.9 Å². The Hall–Kier alpha value is -3.57. The molecule has 0 unspecified atom stereocenters. The van der Waals surface area contributed by atoms with Crippen LogP contribution < -0.4 is 9.47 Å². The lowest BCUT2D eigenvalue weighted by Crippen LogP contribution is -2.45. The van der Waals surface area contributed by atoms with Crippen LogP contribution in [0.2, 0.25) is 0 Å². The molecule has 2 aliphatic heterocycles. The van der Waals surface area contributed by atoms with Gasteiger partial charge in [-0.25, -0.2) is 9.67 Å². The van der Waals surface area contributed by atoms with Crippen LogP contribution in [0.15, 0.2) is 18.6 Å². The average molecular weight is 442 g/mol. The maximum absolute atomic E-state index is 12.8. The predicted octanol–water partition coefficient (Wildman–Crippen LogP) is 0.0348. The molecular weight excluding hydrogens is 416 g/mol. The van der Waals surface area contributed by atoms with Crippen molar-refractivity contribution >= 4 is 17.9 Å². The molecule has 0 saturated carbocycles. The molecule has 2 aromatic heterocycles. The summed E-state index contributed by atoms with van der Waals surface area (Å²) >= 11 is 0. The van der Waals surface area contributed by atoms with Gasteiger partial charge in [0.15, 0.2) is 0 Å². The molecule has 12 heteroatoms. The molecule has 2 aliphatic rings. The molecule has 4 heterocycles. The van der Waals surface area contributed by atoms with Gasteiger partial charge >= 0.3 is 6.01 Å². The minimum Gasteiger partial charge on any atom is -0.480 e. The fourth-order valence-corrected chi connectivity index (χ4v) is 4.26. The van der Waals surface area contributed by atoms with Gasteiger partial charge in [0, 0.05) is 38.5 Å². The maximum Gasteiger partial charge on any atom is 0.319 e. The largest absolute Gasteiger partial charge is 0.480 e. The van der Waals surface area contributed by atoms with Crippen LogP contribution in [0.5, 0.6) is 11.9 Å². The van der Waals surface area contributed by atoms with E-state index in [1.807, 2.05) is 9.80 Å². The molecule has 0 atom stereocenters. The minimum atomic E-state index is -0.0584. The summed E-state index contributed by atoms with van der Waals surface area (Å²) in [6.07, 6.45) is 8.87. The Morgan fingerprint density at radius 3 is 2.53 bits per heavy atom. The molecule has 0 bridgehead atoms. The lowest BCUT2D eigenvalue weighted by Gasteiger charge is -2.39.